The van der Waals surface area contributed by atoms with Crippen LogP contribution < -0.4 is 16.0 Å². The molecule has 0 saturated heterocycles. The monoisotopic (exact) mass is 429 g/mol. The summed E-state index contributed by atoms with van der Waals surface area (Å²) in [5, 5.41) is 0. The minimum Gasteiger partial charge on any atom is -0.440 e. The summed E-state index contributed by atoms with van der Waals surface area (Å²) in [6.45, 7) is 5.87. The number of ether oxygens (including phenoxy) is 1. The lowest BCUT2D eigenvalue weighted by molar-refractivity contribution is 0.444. The Hall–Kier alpha value is -2.67. The quantitative estimate of drug-likeness (QED) is 0.626. The van der Waals surface area contributed by atoms with Crippen molar-refractivity contribution in [3.05, 3.63) is 84.2 Å². The lowest BCUT2D eigenvalue weighted by atomic mass is 10.1. The first-order valence-corrected chi connectivity index (χ1v) is 9.40. The van der Waals surface area contributed by atoms with Crippen molar-refractivity contribution in [3.63, 3.8) is 0 Å². The molecule has 1 aromatic carbocycles. The van der Waals surface area contributed by atoms with Crippen molar-refractivity contribution in [1.82, 2.24) is 14.5 Å². The molecule has 0 aliphatic rings. The van der Waals surface area contributed by atoms with Crippen molar-refractivity contribution in [2.45, 2.75) is 33.7 Å². The van der Waals surface area contributed by atoms with E-state index in [2.05, 4.69) is 25.9 Å². The third-order valence-corrected chi connectivity index (χ3v) is 4.55. The molecule has 0 unspecified atom stereocenters. The van der Waals surface area contributed by atoms with Crippen LogP contribution in [-0.2, 0) is 13.0 Å². The highest BCUT2D eigenvalue weighted by atomic mass is 79.9. The van der Waals surface area contributed by atoms with Gasteiger partial charge in [0.05, 0.1) is 17.8 Å². The van der Waals surface area contributed by atoms with Gasteiger partial charge in [0.25, 0.3) is 5.56 Å². The summed E-state index contributed by atoms with van der Waals surface area (Å²) in [5.74, 6) is 0.777. The number of hydrogen-bond acceptors (Lipinski definition) is 4. The molecule has 3 rings (SSSR count). The van der Waals surface area contributed by atoms with Gasteiger partial charge in [-0.1, -0.05) is 19.1 Å². The Morgan fingerprint density at radius 1 is 1.15 bits per heavy atom. The molecule has 0 aliphatic carbocycles. The van der Waals surface area contributed by atoms with E-state index < -0.39 is 5.69 Å². The summed E-state index contributed by atoms with van der Waals surface area (Å²) >= 11 is 3.30. The molecule has 0 amide bonds. The zero-order valence-electron chi connectivity index (χ0n) is 15.4. The number of benzene rings is 1. The molecule has 0 fully saturated rings. The normalized spacial score (nSPS) is 10.8. The van der Waals surface area contributed by atoms with Crippen LogP contribution in [0.25, 0.3) is 0 Å². The number of nitrogens with zero attached hydrogens (tertiary/aromatic N) is 2. The topological polar surface area (TPSA) is 77.0 Å². The minimum atomic E-state index is -0.529. The van der Waals surface area contributed by atoms with Crippen LogP contribution in [-0.4, -0.2) is 14.5 Å². The summed E-state index contributed by atoms with van der Waals surface area (Å²) in [7, 11) is 0. The fourth-order valence-corrected chi connectivity index (χ4v) is 3.33. The van der Waals surface area contributed by atoms with E-state index in [1.54, 1.807) is 12.1 Å². The SMILES string of the molecule is CCc1c(Oc2cc(C)cc(C)c2)[nH]c(=O)n(Cc2cccc(Br)n2)c1=O. The lowest BCUT2D eigenvalue weighted by Crippen LogP contribution is -2.37. The molecule has 0 aliphatic heterocycles. The average molecular weight is 430 g/mol. The maximum Gasteiger partial charge on any atom is 0.331 e. The Morgan fingerprint density at radius 3 is 2.48 bits per heavy atom. The van der Waals surface area contributed by atoms with Gasteiger partial charge >= 0.3 is 5.69 Å². The number of H-pyrrole nitrogens is 1. The van der Waals surface area contributed by atoms with Crippen molar-refractivity contribution in [3.8, 4) is 11.6 Å². The van der Waals surface area contributed by atoms with E-state index in [-0.39, 0.29) is 18.0 Å². The third kappa shape index (κ3) is 4.36. The van der Waals surface area contributed by atoms with Gasteiger partial charge in [0.1, 0.15) is 10.4 Å². The van der Waals surface area contributed by atoms with E-state index in [9.17, 15) is 9.59 Å². The first-order chi connectivity index (χ1) is 12.9. The van der Waals surface area contributed by atoms with Crippen molar-refractivity contribution < 1.29 is 4.74 Å². The molecule has 27 heavy (non-hydrogen) atoms. The van der Waals surface area contributed by atoms with Gasteiger partial charge in [0.15, 0.2) is 0 Å². The van der Waals surface area contributed by atoms with Gasteiger partial charge in [0, 0.05) is 0 Å². The van der Waals surface area contributed by atoms with Crippen LogP contribution in [0.15, 0.2) is 50.6 Å². The molecule has 2 heterocycles. The number of nitrogens with one attached hydrogen (secondary N) is 1. The van der Waals surface area contributed by atoms with Crippen LogP contribution >= 0.6 is 15.9 Å². The van der Waals surface area contributed by atoms with Gasteiger partial charge in [-0.25, -0.2) is 9.78 Å². The Bertz CT molecular complexity index is 1080. The molecule has 6 nitrogen and oxygen atoms in total. The number of pyridine rings is 1. The number of aromatic amines is 1. The predicted octanol–water partition coefficient (Wildman–Crippen LogP) is 3.71. The molecular weight excluding hydrogens is 410 g/mol. The predicted molar refractivity (Wildman–Crippen MR) is 108 cm³/mol. The van der Waals surface area contributed by atoms with Gasteiger partial charge in [-0.2, -0.15) is 0 Å². The van der Waals surface area contributed by atoms with E-state index in [0.717, 1.165) is 15.7 Å². The maximum atomic E-state index is 12.9. The average Bonchev–Trinajstić information content (AvgIpc) is 2.58. The van der Waals surface area contributed by atoms with Crippen LogP contribution in [0.5, 0.6) is 11.6 Å². The molecule has 0 saturated carbocycles. The summed E-state index contributed by atoms with van der Waals surface area (Å²) in [6, 6.07) is 11.1. The molecule has 2 aromatic heterocycles. The van der Waals surface area contributed by atoms with Crippen molar-refractivity contribution in [2.24, 2.45) is 0 Å². The maximum absolute atomic E-state index is 12.9. The summed E-state index contributed by atoms with van der Waals surface area (Å²) in [6.07, 6.45) is 0.432. The Labute approximate surface area is 165 Å². The molecule has 0 atom stereocenters. The Balaban J connectivity index is 2.02. The van der Waals surface area contributed by atoms with Gasteiger partial charge in [0.2, 0.25) is 5.88 Å². The molecule has 0 bridgehead atoms. The zero-order chi connectivity index (χ0) is 19.6. The number of halogens is 1. The van der Waals surface area contributed by atoms with E-state index in [1.165, 1.54) is 0 Å². The number of aromatic nitrogens is 3. The minimum absolute atomic E-state index is 0.0877. The van der Waals surface area contributed by atoms with Crippen molar-refractivity contribution in [2.75, 3.05) is 0 Å². The number of hydrogen-bond donors (Lipinski definition) is 1. The highest BCUT2D eigenvalue weighted by Crippen LogP contribution is 2.23. The van der Waals surface area contributed by atoms with Crippen molar-refractivity contribution in [1.29, 1.82) is 0 Å². The number of rotatable bonds is 5. The van der Waals surface area contributed by atoms with Crippen LogP contribution in [0.4, 0.5) is 0 Å². The van der Waals surface area contributed by atoms with Crippen LogP contribution in [0.3, 0.4) is 0 Å². The summed E-state index contributed by atoms with van der Waals surface area (Å²) < 4.78 is 7.64. The van der Waals surface area contributed by atoms with E-state index in [1.807, 2.05) is 45.0 Å². The molecule has 1 N–H and O–H groups in total. The molecular formula is C20H20BrN3O3. The highest BCUT2D eigenvalue weighted by molar-refractivity contribution is 9.10. The van der Waals surface area contributed by atoms with Crippen LogP contribution in [0.2, 0.25) is 0 Å². The fraction of sp³-hybridized carbons (Fsp3) is 0.250. The van der Waals surface area contributed by atoms with Crippen LogP contribution in [0.1, 0.15) is 29.3 Å². The Morgan fingerprint density at radius 2 is 1.85 bits per heavy atom. The first-order valence-electron chi connectivity index (χ1n) is 8.61. The summed E-state index contributed by atoms with van der Waals surface area (Å²) in [4.78, 5) is 32.4. The smallest absolute Gasteiger partial charge is 0.331 e. The lowest BCUT2D eigenvalue weighted by Gasteiger charge is -2.13. The molecule has 0 radical (unpaired) electrons. The van der Waals surface area contributed by atoms with Gasteiger partial charge in [-0.15, -0.1) is 0 Å². The molecule has 140 valence electrons. The molecule has 0 spiro atoms. The molecule has 3 aromatic rings. The third-order valence-electron chi connectivity index (χ3n) is 4.10. The second-order valence-corrected chi connectivity index (χ2v) is 7.17. The van der Waals surface area contributed by atoms with Gasteiger partial charge in [-0.3, -0.25) is 14.3 Å². The zero-order valence-corrected chi connectivity index (χ0v) is 17.0. The van der Waals surface area contributed by atoms with Crippen molar-refractivity contribution >= 4 is 15.9 Å². The number of aryl methyl sites for hydroxylation is 2. The van der Waals surface area contributed by atoms with E-state index in [0.29, 0.717) is 28.0 Å². The second-order valence-electron chi connectivity index (χ2n) is 6.36. The largest absolute Gasteiger partial charge is 0.440 e. The van der Waals surface area contributed by atoms with Gasteiger partial charge < -0.3 is 4.74 Å². The molecule has 7 heteroatoms. The van der Waals surface area contributed by atoms with E-state index >= 15 is 0 Å². The first kappa shape index (κ1) is 19.1. The fourth-order valence-electron chi connectivity index (χ4n) is 2.94. The van der Waals surface area contributed by atoms with Crippen LogP contribution in [0, 0.1) is 13.8 Å². The van der Waals surface area contributed by atoms with E-state index in [4.69, 9.17) is 4.74 Å². The standard InChI is InChI=1S/C20H20BrN3O3/c1-4-16-18(27-15-9-12(2)8-13(3)10-15)23-20(26)24(19(16)25)11-14-6-5-7-17(21)22-14/h5-10H,4,11H2,1-3H3,(H,23,26). The highest BCUT2D eigenvalue weighted by Gasteiger charge is 2.15. The van der Waals surface area contributed by atoms with Gasteiger partial charge in [-0.05, 0) is 71.6 Å². The second kappa shape index (κ2) is 7.92. The summed E-state index contributed by atoms with van der Waals surface area (Å²) in [5.41, 5.74) is 2.21. The Kier molecular flexibility index (Phi) is 5.60.